The zero-order valence-corrected chi connectivity index (χ0v) is 12.7. The van der Waals surface area contributed by atoms with Crippen molar-refractivity contribution in [2.75, 3.05) is 6.79 Å². The maximum absolute atomic E-state index is 5.43. The van der Waals surface area contributed by atoms with E-state index in [2.05, 4.69) is 10.6 Å². The normalized spacial score (nSPS) is 28.7. The molecule has 2 aliphatic carbocycles. The molecule has 2 fully saturated rings. The molecule has 0 radical (unpaired) electrons. The summed E-state index contributed by atoms with van der Waals surface area (Å²) in [4.78, 5) is 0. The highest BCUT2D eigenvalue weighted by atomic mass is 32.1. The van der Waals surface area contributed by atoms with E-state index in [1.54, 1.807) is 0 Å². The van der Waals surface area contributed by atoms with E-state index >= 15 is 0 Å². The van der Waals surface area contributed by atoms with Crippen molar-refractivity contribution in [1.82, 2.24) is 10.6 Å². The summed E-state index contributed by atoms with van der Waals surface area (Å²) >= 11 is 5.43. The van der Waals surface area contributed by atoms with Crippen LogP contribution in [0.15, 0.2) is 18.2 Å². The first-order valence-electron chi connectivity index (χ1n) is 7.71. The number of fused-ring (bicyclic) bond motifs is 3. The third-order valence-corrected chi connectivity index (χ3v) is 5.21. The predicted octanol–water partition coefficient (Wildman–Crippen LogP) is 2.57. The molecule has 1 aromatic carbocycles. The van der Waals surface area contributed by atoms with Crippen molar-refractivity contribution in [1.29, 1.82) is 0 Å². The second-order valence-electron chi connectivity index (χ2n) is 6.30. The first-order valence-corrected chi connectivity index (χ1v) is 8.11. The number of hydrogen-bond acceptors (Lipinski definition) is 3. The van der Waals surface area contributed by atoms with Gasteiger partial charge in [0.2, 0.25) is 6.79 Å². The summed E-state index contributed by atoms with van der Waals surface area (Å²) in [6.07, 6.45) is 5.46. The van der Waals surface area contributed by atoms with Gasteiger partial charge in [0.25, 0.3) is 0 Å². The van der Waals surface area contributed by atoms with E-state index in [1.165, 1.54) is 25.7 Å². The van der Waals surface area contributed by atoms with Crippen molar-refractivity contribution in [3.8, 4) is 11.5 Å². The van der Waals surface area contributed by atoms with Crippen LogP contribution < -0.4 is 20.1 Å². The minimum Gasteiger partial charge on any atom is -0.454 e. The molecule has 0 spiro atoms. The van der Waals surface area contributed by atoms with Gasteiger partial charge in [0.1, 0.15) is 0 Å². The molecule has 3 atom stereocenters. The Labute approximate surface area is 130 Å². The first kappa shape index (κ1) is 13.2. The summed E-state index contributed by atoms with van der Waals surface area (Å²) in [6.45, 7) is 1.03. The van der Waals surface area contributed by atoms with E-state index in [0.717, 1.165) is 34.0 Å². The van der Waals surface area contributed by atoms with Gasteiger partial charge in [0.15, 0.2) is 16.6 Å². The average Bonchev–Trinajstić information content (AvgIpc) is 3.20. The van der Waals surface area contributed by atoms with Crippen molar-refractivity contribution in [3.63, 3.8) is 0 Å². The molecule has 1 aliphatic heterocycles. The Hall–Kier alpha value is -1.49. The molecule has 112 valence electrons. The van der Waals surface area contributed by atoms with Gasteiger partial charge < -0.3 is 20.1 Å². The number of benzene rings is 1. The Morgan fingerprint density at radius 2 is 2.10 bits per heavy atom. The third kappa shape index (κ3) is 2.67. The van der Waals surface area contributed by atoms with E-state index in [-0.39, 0.29) is 0 Å². The van der Waals surface area contributed by atoms with Crippen LogP contribution >= 0.6 is 12.2 Å². The lowest BCUT2D eigenvalue weighted by atomic mass is 9.96. The van der Waals surface area contributed by atoms with Gasteiger partial charge in [0.05, 0.1) is 0 Å². The molecule has 0 aromatic heterocycles. The highest BCUT2D eigenvalue weighted by Crippen LogP contribution is 2.44. The molecule has 3 aliphatic rings. The van der Waals surface area contributed by atoms with Crippen molar-refractivity contribution in [3.05, 3.63) is 23.8 Å². The molecule has 2 N–H and O–H groups in total. The molecule has 4 rings (SSSR count). The summed E-state index contributed by atoms with van der Waals surface area (Å²) < 4.78 is 10.7. The molecular weight excluding hydrogens is 284 g/mol. The second-order valence-corrected chi connectivity index (χ2v) is 6.70. The predicted molar refractivity (Wildman–Crippen MR) is 84.4 cm³/mol. The summed E-state index contributed by atoms with van der Waals surface area (Å²) in [7, 11) is 0. The zero-order valence-electron chi connectivity index (χ0n) is 11.9. The maximum Gasteiger partial charge on any atom is 0.231 e. The summed E-state index contributed by atoms with van der Waals surface area (Å²) in [5.74, 6) is 3.41. The Morgan fingerprint density at radius 1 is 1.19 bits per heavy atom. The smallest absolute Gasteiger partial charge is 0.231 e. The number of thiocarbonyl (C=S) groups is 1. The highest BCUT2D eigenvalue weighted by Gasteiger charge is 2.39. The molecule has 0 saturated heterocycles. The minimum atomic E-state index is 0.316. The number of ether oxygens (including phenoxy) is 2. The van der Waals surface area contributed by atoms with Crippen LogP contribution in [0.2, 0.25) is 0 Å². The molecule has 0 amide bonds. The molecule has 2 saturated carbocycles. The largest absolute Gasteiger partial charge is 0.454 e. The lowest BCUT2D eigenvalue weighted by Crippen LogP contribution is -2.43. The molecule has 21 heavy (non-hydrogen) atoms. The molecule has 2 bridgehead atoms. The Bertz CT molecular complexity index is 563. The van der Waals surface area contributed by atoms with E-state index in [1.807, 2.05) is 18.2 Å². The van der Waals surface area contributed by atoms with Gasteiger partial charge in [-0.25, -0.2) is 0 Å². The van der Waals surface area contributed by atoms with E-state index in [9.17, 15) is 0 Å². The van der Waals surface area contributed by atoms with Gasteiger partial charge in [-0.1, -0.05) is 12.5 Å². The molecule has 5 heteroatoms. The topological polar surface area (TPSA) is 42.5 Å². The summed E-state index contributed by atoms with van der Waals surface area (Å²) in [5, 5.41) is 7.57. The van der Waals surface area contributed by atoms with Crippen LogP contribution in [0, 0.1) is 11.8 Å². The van der Waals surface area contributed by atoms with Crippen LogP contribution in [0.4, 0.5) is 0 Å². The van der Waals surface area contributed by atoms with E-state index in [4.69, 9.17) is 21.7 Å². The van der Waals surface area contributed by atoms with Crippen LogP contribution in [-0.2, 0) is 6.54 Å². The highest BCUT2D eigenvalue weighted by molar-refractivity contribution is 7.80. The van der Waals surface area contributed by atoms with Crippen LogP contribution in [-0.4, -0.2) is 17.9 Å². The number of rotatable bonds is 3. The summed E-state index contributed by atoms with van der Waals surface area (Å²) in [6, 6.07) is 6.59. The maximum atomic E-state index is 5.43. The minimum absolute atomic E-state index is 0.316. The molecule has 1 heterocycles. The Morgan fingerprint density at radius 3 is 2.90 bits per heavy atom. The van der Waals surface area contributed by atoms with Gasteiger partial charge in [-0.05, 0) is 61.0 Å². The van der Waals surface area contributed by atoms with Crippen LogP contribution in [0.25, 0.3) is 0 Å². The molecule has 4 nitrogen and oxygen atoms in total. The van der Waals surface area contributed by atoms with Gasteiger partial charge >= 0.3 is 0 Å². The van der Waals surface area contributed by atoms with Crippen LogP contribution in [0.1, 0.15) is 31.2 Å². The lowest BCUT2D eigenvalue weighted by molar-refractivity contribution is 0.174. The Kier molecular flexibility index (Phi) is 3.37. The number of nitrogens with one attached hydrogen (secondary N) is 2. The van der Waals surface area contributed by atoms with Gasteiger partial charge in [0, 0.05) is 12.6 Å². The SMILES string of the molecule is S=C(NCc1ccc2c(c1)OCO2)N[C@@H]1C[C@H]2CC[C@H]1C2. The second kappa shape index (κ2) is 5.37. The first-order chi connectivity index (χ1) is 10.3. The Balaban J connectivity index is 1.29. The quantitative estimate of drug-likeness (QED) is 0.840. The molecule has 1 aromatic rings. The fourth-order valence-electron chi connectivity index (χ4n) is 3.87. The van der Waals surface area contributed by atoms with Crippen molar-refractivity contribution >= 4 is 17.3 Å². The van der Waals surface area contributed by atoms with Crippen molar-refractivity contribution in [2.24, 2.45) is 11.8 Å². The average molecular weight is 304 g/mol. The zero-order chi connectivity index (χ0) is 14.2. The summed E-state index contributed by atoms with van der Waals surface area (Å²) in [5.41, 5.74) is 1.15. The lowest BCUT2D eigenvalue weighted by Gasteiger charge is -2.24. The van der Waals surface area contributed by atoms with Gasteiger partial charge in [-0.15, -0.1) is 0 Å². The van der Waals surface area contributed by atoms with E-state index < -0.39 is 0 Å². The van der Waals surface area contributed by atoms with Crippen LogP contribution in [0.5, 0.6) is 11.5 Å². The molecule has 0 unspecified atom stereocenters. The molecular formula is C16H20N2O2S. The van der Waals surface area contributed by atoms with Crippen molar-refractivity contribution in [2.45, 2.75) is 38.3 Å². The third-order valence-electron chi connectivity index (χ3n) is 4.94. The van der Waals surface area contributed by atoms with Crippen molar-refractivity contribution < 1.29 is 9.47 Å². The fourth-order valence-corrected chi connectivity index (χ4v) is 4.10. The van der Waals surface area contributed by atoms with E-state index in [0.29, 0.717) is 19.4 Å². The van der Waals surface area contributed by atoms with Gasteiger partial charge in [-0.2, -0.15) is 0 Å². The monoisotopic (exact) mass is 304 g/mol. The van der Waals surface area contributed by atoms with Crippen LogP contribution in [0.3, 0.4) is 0 Å². The number of hydrogen-bond donors (Lipinski definition) is 2. The fraction of sp³-hybridized carbons (Fsp3) is 0.562. The van der Waals surface area contributed by atoms with Gasteiger partial charge in [-0.3, -0.25) is 0 Å². The standard InChI is InChI=1S/C16H20N2O2S/c21-16(18-13-6-10-1-3-12(13)5-10)17-8-11-2-4-14-15(7-11)20-9-19-14/h2,4,7,10,12-13H,1,3,5-6,8-9H2,(H2,17,18,21)/t10-,12-,13+/m0/s1.